The van der Waals surface area contributed by atoms with Crippen LogP contribution in [0, 0.1) is 0 Å². The number of rotatable bonds is 3. The van der Waals surface area contributed by atoms with E-state index in [2.05, 4.69) is 26.4 Å². The average molecular weight is 400 g/mol. The van der Waals surface area contributed by atoms with E-state index in [-0.39, 0.29) is 11.9 Å². The number of fused-ring (bicyclic) bond motifs is 2. The molecule has 0 radical (unpaired) electrons. The molecule has 7 heteroatoms. The smallest absolute Gasteiger partial charge is 0.258 e. The van der Waals surface area contributed by atoms with Gasteiger partial charge in [0.25, 0.3) is 5.91 Å². The summed E-state index contributed by atoms with van der Waals surface area (Å²) in [6.45, 7) is 0. The lowest BCUT2D eigenvalue weighted by Crippen LogP contribution is -2.12. The van der Waals surface area contributed by atoms with E-state index in [1.54, 1.807) is 28.8 Å². The van der Waals surface area contributed by atoms with Crippen molar-refractivity contribution in [2.45, 2.75) is 0 Å². The first-order valence-corrected chi connectivity index (χ1v) is 9.32. The van der Waals surface area contributed by atoms with Crippen LogP contribution in [0.15, 0.2) is 79.1 Å². The van der Waals surface area contributed by atoms with E-state index in [1.165, 1.54) is 0 Å². The van der Waals surface area contributed by atoms with Crippen LogP contribution in [-0.2, 0) is 0 Å². The van der Waals surface area contributed by atoms with Crippen molar-refractivity contribution in [3.8, 4) is 11.1 Å². The van der Waals surface area contributed by atoms with Crippen LogP contribution in [0.5, 0.6) is 0 Å². The largest absolute Gasteiger partial charge is 0.289 e. The monoisotopic (exact) mass is 399 g/mol. The van der Waals surface area contributed by atoms with Gasteiger partial charge in [0.1, 0.15) is 0 Å². The predicted octanol–water partition coefficient (Wildman–Crippen LogP) is 4.85. The van der Waals surface area contributed by atoms with Gasteiger partial charge in [-0.1, -0.05) is 35.9 Å². The molecule has 140 valence electrons. The number of para-hydroxylation sites is 1. The molecule has 0 aliphatic carbocycles. The molecule has 6 nitrogen and oxygen atoms in total. The number of nitrogens with one attached hydrogen (secondary N) is 1. The third kappa shape index (κ3) is 3.41. The normalized spacial score (nSPS) is 11.1. The number of nitrogens with zero attached hydrogens (tertiary/aromatic N) is 4. The molecule has 0 saturated carbocycles. The first-order valence-electron chi connectivity index (χ1n) is 8.94. The standard InChI is InChI=1S/C22H14ClN5O/c23-18-6-3-5-16(11-18)21(29)26-22-25-20-12-14(8-9-28(20)27-22)17-10-15-4-1-2-7-19(15)24-13-17/h1-13H,(H,26,27,29). The van der Waals surface area contributed by atoms with Crippen molar-refractivity contribution in [2.24, 2.45) is 0 Å². The van der Waals surface area contributed by atoms with Crippen molar-refractivity contribution < 1.29 is 4.79 Å². The predicted molar refractivity (Wildman–Crippen MR) is 113 cm³/mol. The molecule has 3 heterocycles. The van der Waals surface area contributed by atoms with Crippen molar-refractivity contribution in [2.75, 3.05) is 5.32 Å². The quantitative estimate of drug-likeness (QED) is 0.470. The number of halogens is 1. The van der Waals surface area contributed by atoms with Crippen LogP contribution in [0.2, 0.25) is 5.02 Å². The van der Waals surface area contributed by atoms with Gasteiger partial charge in [-0.3, -0.25) is 15.1 Å². The summed E-state index contributed by atoms with van der Waals surface area (Å²) in [7, 11) is 0. The van der Waals surface area contributed by atoms with Crippen LogP contribution in [-0.4, -0.2) is 25.5 Å². The Labute approximate surface area is 170 Å². The first kappa shape index (κ1) is 17.3. The van der Waals surface area contributed by atoms with Gasteiger partial charge in [-0.15, -0.1) is 5.10 Å². The Balaban J connectivity index is 1.45. The van der Waals surface area contributed by atoms with Gasteiger partial charge in [0, 0.05) is 33.9 Å². The molecule has 1 N–H and O–H groups in total. The summed E-state index contributed by atoms with van der Waals surface area (Å²) in [4.78, 5) is 21.3. The molecule has 5 rings (SSSR count). The minimum absolute atomic E-state index is 0.226. The molecular weight excluding hydrogens is 386 g/mol. The summed E-state index contributed by atoms with van der Waals surface area (Å²) in [5, 5.41) is 8.58. The van der Waals surface area contributed by atoms with Gasteiger partial charge in [0.05, 0.1) is 5.52 Å². The zero-order valence-electron chi connectivity index (χ0n) is 15.1. The Hall–Kier alpha value is -3.77. The van der Waals surface area contributed by atoms with Crippen molar-refractivity contribution in [1.29, 1.82) is 0 Å². The number of carbonyl (C=O) groups excluding carboxylic acids is 1. The highest BCUT2D eigenvalue weighted by atomic mass is 35.5. The lowest BCUT2D eigenvalue weighted by atomic mass is 10.1. The van der Waals surface area contributed by atoms with E-state index < -0.39 is 0 Å². The van der Waals surface area contributed by atoms with Crippen molar-refractivity contribution in [3.63, 3.8) is 0 Å². The Morgan fingerprint density at radius 3 is 2.76 bits per heavy atom. The molecule has 3 aromatic heterocycles. The van der Waals surface area contributed by atoms with Crippen LogP contribution in [0.4, 0.5) is 5.95 Å². The number of benzene rings is 2. The van der Waals surface area contributed by atoms with Gasteiger partial charge in [0.2, 0.25) is 5.95 Å². The number of amides is 1. The minimum atomic E-state index is -0.317. The van der Waals surface area contributed by atoms with Gasteiger partial charge in [-0.05, 0) is 48.0 Å². The van der Waals surface area contributed by atoms with E-state index in [9.17, 15) is 4.79 Å². The summed E-state index contributed by atoms with van der Waals surface area (Å²) in [5.41, 5.74) is 3.97. The number of pyridine rings is 2. The number of hydrogen-bond acceptors (Lipinski definition) is 4. The second-order valence-electron chi connectivity index (χ2n) is 6.53. The highest BCUT2D eigenvalue weighted by molar-refractivity contribution is 6.31. The third-order valence-corrected chi connectivity index (χ3v) is 4.81. The van der Waals surface area contributed by atoms with Gasteiger partial charge >= 0.3 is 0 Å². The van der Waals surface area contributed by atoms with Crippen molar-refractivity contribution in [1.82, 2.24) is 19.6 Å². The highest BCUT2D eigenvalue weighted by Gasteiger charge is 2.11. The van der Waals surface area contributed by atoms with Crippen LogP contribution >= 0.6 is 11.6 Å². The molecule has 0 bridgehead atoms. The molecule has 29 heavy (non-hydrogen) atoms. The second-order valence-corrected chi connectivity index (χ2v) is 6.97. The number of anilines is 1. The number of aromatic nitrogens is 4. The average Bonchev–Trinajstić information content (AvgIpc) is 3.14. The second kappa shape index (κ2) is 7.00. The zero-order chi connectivity index (χ0) is 19.8. The summed E-state index contributed by atoms with van der Waals surface area (Å²) < 4.78 is 1.62. The maximum Gasteiger partial charge on any atom is 0.258 e. The maximum atomic E-state index is 12.4. The van der Waals surface area contributed by atoms with E-state index in [0.29, 0.717) is 16.2 Å². The van der Waals surface area contributed by atoms with E-state index >= 15 is 0 Å². The molecule has 0 aliphatic heterocycles. The Bertz CT molecular complexity index is 1380. The highest BCUT2D eigenvalue weighted by Crippen LogP contribution is 2.24. The van der Waals surface area contributed by atoms with Crippen LogP contribution in [0.25, 0.3) is 27.7 Å². The molecule has 0 fully saturated rings. The fourth-order valence-electron chi connectivity index (χ4n) is 3.15. The fraction of sp³-hybridized carbons (Fsp3) is 0. The number of carbonyl (C=O) groups is 1. The van der Waals surface area contributed by atoms with E-state index in [0.717, 1.165) is 22.0 Å². The third-order valence-electron chi connectivity index (χ3n) is 4.57. The van der Waals surface area contributed by atoms with Crippen molar-refractivity contribution >= 4 is 40.0 Å². The molecule has 5 aromatic rings. The Kier molecular flexibility index (Phi) is 4.18. The van der Waals surface area contributed by atoms with Crippen molar-refractivity contribution in [3.05, 3.63) is 89.7 Å². The van der Waals surface area contributed by atoms with E-state index in [1.807, 2.05) is 48.8 Å². The minimum Gasteiger partial charge on any atom is -0.289 e. The van der Waals surface area contributed by atoms with Gasteiger partial charge in [-0.25, -0.2) is 4.52 Å². The summed E-state index contributed by atoms with van der Waals surface area (Å²) in [5.74, 6) is -0.0916. The molecule has 0 spiro atoms. The topological polar surface area (TPSA) is 72.2 Å². The summed E-state index contributed by atoms with van der Waals surface area (Å²) in [6, 6.07) is 20.6. The maximum absolute atomic E-state index is 12.4. The lowest BCUT2D eigenvalue weighted by Gasteiger charge is -2.03. The zero-order valence-corrected chi connectivity index (χ0v) is 15.8. The van der Waals surface area contributed by atoms with Gasteiger partial charge in [0.15, 0.2) is 5.65 Å². The molecule has 2 aromatic carbocycles. The fourth-order valence-corrected chi connectivity index (χ4v) is 3.34. The van der Waals surface area contributed by atoms with Crippen LogP contribution < -0.4 is 5.32 Å². The molecule has 1 amide bonds. The molecular formula is C22H14ClN5O. The Morgan fingerprint density at radius 2 is 1.86 bits per heavy atom. The lowest BCUT2D eigenvalue weighted by molar-refractivity contribution is 0.102. The SMILES string of the molecule is O=C(Nc1nc2cc(-c3cnc4ccccc4c3)ccn2n1)c1cccc(Cl)c1. The van der Waals surface area contributed by atoms with E-state index in [4.69, 9.17) is 11.6 Å². The summed E-state index contributed by atoms with van der Waals surface area (Å²) >= 11 is 5.95. The molecule has 0 saturated heterocycles. The summed E-state index contributed by atoms with van der Waals surface area (Å²) in [6.07, 6.45) is 3.65. The van der Waals surface area contributed by atoms with Crippen LogP contribution in [0.3, 0.4) is 0 Å². The Morgan fingerprint density at radius 1 is 0.966 bits per heavy atom. The molecule has 0 atom stereocenters. The first-order chi connectivity index (χ1) is 14.2. The van der Waals surface area contributed by atoms with Crippen LogP contribution in [0.1, 0.15) is 10.4 Å². The molecule has 0 aliphatic rings. The van der Waals surface area contributed by atoms with Gasteiger partial charge < -0.3 is 0 Å². The van der Waals surface area contributed by atoms with Gasteiger partial charge in [-0.2, -0.15) is 4.98 Å². The number of hydrogen-bond donors (Lipinski definition) is 1. The molecule has 0 unspecified atom stereocenters.